The first-order valence-corrected chi connectivity index (χ1v) is 8.79. The van der Waals surface area contributed by atoms with Crippen LogP contribution in [0, 0.1) is 0 Å². The van der Waals surface area contributed by atoms with Crippen molar-refractivity contribution in [3.63, 3.8) is 0 Å². The molecule has 3 aromatic rings. The number of hydrogen-bond donors (Lipinski definition) is 2. The number of nitrogens with two attached hydrogens (primary N) is 1. The van der Waals surface area contributed by atoms with Crippen molar-refractivity contribution >= 4 is 16.7 Å². The summed E-state index contributed by atoms with van der Waals surface area (Å²) in [5.74, 6) is 0.642. The van der Waals surface area contributed by atoms with Crippen LogP contribution in [0.3, 0.4) is 0 Å². The van der Waals surface area contributed by atoms with Gasteiger partial charge in [-0.1, -0.05) is 12.1 Å². The number of anilines is 1. The number of nitrogen functional groups attached to an aromatic ring is 1. The van der Waals surface area contributed by atoms with E-state index in [9.17, 15) is 0 Å². The number of aromatic amines is 1. The SMILES string of the molecule is CN1CCN(CCc2cc3ccc(-c4ccn[nH]4)cc3nc2N)CC1. The summed E-state index contributed by atoms with van der Waals surface area (Å²) in [6, 6.07) is 10.4. The van der Waals surface area contributed by atoms with Crippen LogP contribution < -0.4 is 5.73 Å². The molecule has 0 atom stereocenters. The molecule has 0 unspecified atom stereocenters. The van der Waals surface area contributed by atoms with E-state index < -0.39 is 0 Å². The molecular weight excluding hydrogens is 312 g/mol. The maximum absolute atomic E-state index is 6.24. The van der Waals surface area contributed by atoms with Crippen molar-refractivity contribution < 1.29 is 0 Å². The van der Waals surface area contributed by atoms with Crippen molar-refractivity contribution in [1.82, 2.24) is 25.0 Å². The number of rotatable bonds is 4. The summed E-state index contributed by atoms with van der Waals surface area (Å²) in [7, 11) is 2.18. The molecule has 6 nitrogen and oxygen atoms in total. The molecule has 6 heteroatoms. The van der Waals surface area contributed by atoms with Gasteiger partial charge in [-0.05, 0) is 37.2 Å². The van der Waals surface area contributed by atoms with Gasteiger partial charge in [-0.2, -0.15) is 5.10 Å². The first-order chi connectivity index (χ1) is 12.2. The molecule has 1 aromatic carbocycles. The summed E-state index contributed by atoms with van der Waals surface area (Å²) in [5.41, 5.74) is 10.4. The summed E-state index contributed by atoms with van der Waals surface area (Å²) >= 11 is 0. The molecule has 0 saturated carbocycles. The monoisotopic (exact) mass is 336 g/mol. The Bertz CT molecular complexity index is 850. The van der Waals surface area contributed by atoms with E-state index in [4.69, 9.17) is 5.73 Å². The molecule has 0 amide bonds. The second-order valence-corrected chi connectivity index (χ2v) is 6.81. The van der Waals surface area contributed by atoms with Crippen molar-refractivity contribution in [2.75, 3.05) is 45.5 Å². The average Bonchev–Trinajstić information content (AvgIpc) is 3.15. The van der Waals surface area contributed by atoms with Crippen molar-refractivity contribution in [3.8, 4) is 11.3 Å². The van der Waals surface area contributed by atoms with E-state index >= 15 is 0 Å². The Morgan fingerprint density at radius 2 is 1.96 bits per heavy atom. The summed E-state index contributed by atoms with van der Waals surface area (Å²) in [6.07, 6.45) is 2.70. The maximum Gasteiger partial charge on any atom is 0.127 e. The summed E-state index contributed by atoms with van der Waals surface area (Å²) in [5, 5.41) is 8.12. The minimum absolute atomic E-state index is 0.642. The van der Waals surface area contributed by atoms with Gasteiger partial charge in [0, 0.05) is 49.9 Å². The smallest absolute Gasteiger partial charge is 0.127 e. The summed E-state index contributed by atoms with van der Waals surface area (Å²) in [4.78, 5) is 9.52. The van der Waals surface area contributed by atoms with Gasteiger partial charge in [0.05, 0.1) is 11.2 Å². The molecule has 1 aliphatic heterocycles. The molecule has 1 fully saturated rings. The molecule has 1 aliphatic rings. The molecule has 4 rings (SSSR count). The number of hydrogen-bond acceptors (Lipinski definition) is 5. The van der Waals surface area contributed by atoms with Gasteiger partial charge in [-0.15, -0.1) is 0 Å². The number of benzene rings is 1. The fourth-order valence-corrected chi connectivity index (χ4v) is 3.36. The van der Waals surface area contributed by atoms with Gasteiger partial charge in [0.1, 0.15) is 5.82 Å². The van der Waals surface area contributed by atoms with Gasteiger partial charge >= 0.3 is 0 Å². The van der Waals surface area contributed by atoms with Crippen LogP contribution in [0.1, 0.15) is 5.56 Å². The second kappa shape index (κ2) is 6.82. The fourth-order valence-electron chi connectivity index (χ4n) is 3.36. The van der Waals surface area contributed by atoms with E-state index in [-0.39, 0.29) is 0 Å². The maximum atomic E-state index is 6.24. The molecular formula is C19H24N6. The highest BCUT2D eigenvalue weighted by Gasteiger charge is 2.14. The highest BCUT2D eigenvalue weighted by atomic mass is 15.2. The fraction of sp³-hybridized carbons (Fsp3) is 0.368. The van der Waals surface area contributed by atoms with Crippen LogP contribution in [0.4, 0.5) is 5.82 Å². The number of nitrogens with one attached hydrogen (secondary N) is 1. The third-order valence-electron chi connectivity index (χ3n) is 5.04. The van der Waals surface area contributed by atoms with Gasteiger partial charge in [0.25, 0.3) is 0 Å². The lowest BCUT2D eigenvalue weighted by molar-refractivity contribution is 0.155. The van der Waals surface area contributed by atoms with E-state index in [1.54, 1.807) is 6.20 Å². The topological polar surface area (TPSA) is 74.1 Å². The number of pyridine rings is 1. The normalized spacial score (nSPS) is 16.5. The lowest BCUT2D eigenvalue weighted by Gasteiger charge is -2.32. The quantitative estimate of drug-likeness (QED) is 0.762. The van der Waals surface area contributed by atoms with Crippen LogP contribution in [0.25, 0.3) is 22.2 Å². The Balaban J connectivity index is 1.52. The Hall–Kier alpha value is -2.44. The number of aromatic nitrogens is 3. The minimum Gasteiger partial charge on any atom is -0.383 e. The van der Waals surface area contributed by atoms with Gasteiger partial charge < -0.3 is 15.5 Å². The van der Waals surface area contributed by atoms with E-state index in [1.807, 2.05) is 6.07 Å². The molecule has 0 bridgehead atoms. The number of fused-ring (bicyclic) bond motifs is 1. The number of nitrogens with zero attached hydrogens (tertiary/aromatic N) is 4. The molecule has 0 radical (unpaired) electrons. The Morgan fingerprint density at radius 1 is 1.12 bits per heavy atom. The molecule has 0 spiro atoms. The second-order valence-electron chi connectivity index (χ2n) is 6.81. The summed E-state index contributed by atoms with van der Waals surface area (Å²) < 4.78 is 0. The van der Waals surface area contributed by atoms with Crippen molar-refractivity contribution in [2.24, 2.45) is 0 Å². The van der Waals surface area contributed by atoms with Crippen LogP contribution in [-0.4, -0.2) is 64.8 Å². The number of piperazine rings is 1. The molecule has 0 aliphatic carbocycles. The summed E-state index contributed by atoms with van der Waals surface area (Å²) in [6.45, 7) is 5.58. The number of likely N-dealkylation sites (N-methyl/N-ethyl adjacent to an activating group) is 1. The van der Waals surface area contributed by atoms with E-state index in [1.165, 1.54) is 0 Å². The lowest BCUT2D eigenvalue weighted by atomic mass is 10.1. The van der Waals surface area contributed by atoms with Gasteiger partial charge in [-0.3, -0.25) is 5.10 Å². The first-order valence-electron chi connectivity index (χ1n) is 8.79. The van der Waals surface area contributed by atoms with Crippen molar-refractivity contribution in [3.05, 3.63) is 42.1 Å². The third kappa shape index (κ3) is 3.50. The Kier molecular flexibility index (Phi) is 4.38. The Labute approximate surface area is 147 Å². The van der Waals surface area contributed by atoms with Gasteiger partial charge in [0.15, 0.2) is 0 Å². The van der Waals surface area contributed by atoms with Crippen LogP contribution in [0.5, 0.6) is 0 Å². The van der Waals surface area contributed by atoms with Crippen molar-refractivity contribution in [1.29, 1.82) is 0 Å². The largest absolute Gasteiger partial charge is 0.383 e. The third-order valence-corrected chi connectivity index (χ3v) is 5.04. The Morgan fingerprint density at radius 3 is 2.72 bits per heavy atom. The zero-order chi connectivity index (χ0) is 17.2. The van der Waals surface area contributed by atoms with Gasteiger partial charge in [-0.25, -0.2) is 4.98 Å². The predicted molar refractivity (Wildman–Crippen MR) is 101 cm³/mol. The minimum atomic E-state index is 0.642. The molecule has 2 aromatic heterocycles. The van der Waals surface area contributed by atoms with Crippen LogP contribution in [0.15, 0.2) is 36.5 Å². The van der Waals surface area contributed by atoms with Crippen molar-refractivity contribution in [2.45, 2.75) is 6.42 Å². The molecule has 3 N–H and O–H groups in total. The average molecular weight is 336 g/mol. The highest BCUT2D eigenvalue weighted by Crippen LogP contribution is 2.24. The van der Waals surface area contributed by atoms with Gasteiger partial charge in [0.2, 0.25) is 0 Å². The zero-order valence-corrected chi connectivity index (χ0v) is 14.6. The molecule has 3 heterocycles. The van der Waals surface area contributed by atoms with Crippen LogP contribution in [-0.2, 0) is 6.42 Å². The first kappa shape index (κ1) is 16.1. The highest BCUT2D eigenvalue weighted by molar-refractivity contribution is 5.85. The number of H-pyrrole nitrogens is 1. The zero-order valence-electron chi connectivity index (χ0n) is 14.6. The lowest BCUT2D eigenvalue weighted by Crippen LogP contribution is -2.45. The predicted octanol–water partition coefficient (Wildman–Crippen LogP) is 2.00. The van der Waals surface area contributed by atoms with E-state index in [0.717, 1.165) is 66.9 Å². The van der Waals surface area contributed by atoms with E-state index in [0.29, 0.717) is 5.82 Å². The van der Waals surface area contributed by atoms with Crippen LogP contribution in [0.2, 0.25) is 0 Å². The van der Waals surface area contributed by atoms with E-state index in [2.05, 4.69) is 56.3 Å². The molecule has 1 saturated heterocycles. The molecule has 25 heavy (non-hydrogen) atoms. The van der Waals surface area contributed by atoms with Crippen LogP contribution >= 0.6 is 0 Å². The molecule has 130 valence electrons. The standard InChI is InChI=1S/C19H24N6/c1-24-8-10-25(11-9-24)7-5-16-12-14-2-3-15(17-4-6-21-23-17)13-18(14)22-19(16)20/h2-4,6,12-13H,5,7-11H2,1H3,(H2,20,22)(H,21,23).